The number of hydrogen-bond donors (Lipinski definition) is 2. The fourth-order valence-corrected chi connectivity index (χ4v) is 3.63. The fraction of sp³-hybridized carbons (Fsp3) is 0.400. The Morgan fingerprint density at radius 1 is 0.545 bits per heavy atom. The van der Waals surface area contributed by atoms with Crippen LogP contribution in [0.5, 0.6) is 23.0 Å². The molecule has 0 heterocycles. The van der Waals surface area contributed by atoms with Crippen LogP contribution in [0, 0.1) is 0 Å². The maximum atomic E-state index is 10.6. The van der Waals surface area contributed by atoms with Gasteiger partial charge in [0.2, 0.25) is 0 Å². The molecule has 0 aliphatic heterocycles. The van der Waals surface area contributed by atoms with E-state index in [0.29, 0.717) is 61.9 Å². The molecule has 2 rings (SSSR count). The van der Waals surface area contributed by atoms with Gasteiger partial charge in [0.15, 0.2) is 0 Å². The summed E-state index contributed by atoms with van der Waals surface area (Å²) in [5.74, 6) is 1.91. The second kappa shape index (κ2) is 16.4. The van der Waals surface area contributed by atoms with Crippen LogP contribution in [-0.4, -0.2) is 110 Å². The first kappa shape index (κ1) is 32.7. The summed E-state index contributed by atoms with van der Waals surface area (Å²) in [6.07, 6.45) is 1.66. The zero-order valence-electron chi connectivity index (χ0n) is 16.8. The molecule has 2 N–H and O–H groups in total. The van der Waals surface area contributed by atoms with Gasteiger partial charge in [0.25, 0.3) is 20.2 Å². The summed E-state index contributed by atoms with van der Waals surface area (Å²) < 4.78 is 76.7. The molecule has 0 atom stereocenters. The Hall–Kier alpha value is -0.340. The van der Waals surface area contributed by atoms with Crippen molar-refractivity contribution < 1.29 is 40.2 Å². The predicted octanol–water partition coefficient (Wildman–Crippen LogP) is 2.28. The Morgan fingerprint density at radius 2 is 0.848 bits per heavy atom. The van der Waals surface area contributed by atoms with E-state index in [4.69, 9.17) is 23.3 Å². The van der Waals surface area contributed by atoms with Gasteiger partial charge in [-0.15, -0.1) is 0 Å². The van der Waals surface area contributed by atoms with Crippen molar-refractivity contribution in [1.82, 2.24) is 0 Å². The first-order valence-corrected chi connectivity index (χ1v) is 12.9. The minimum absolute atomic E-state index is 0. The van der Waals surface area contributed by atoms with E-state index in [1.165, 1.54) is 0 Å². The zero-order chi connectivity index (χ0) is 22.7. The van der Waals surface area contributed by atoms with Crippen LogP contribution in [0.15, 0.2) is 48.5 Å². The van der Waals surface area contributed by atoms with E-state index in [2.05, 4.69) is 0 Å². The van der Waals surface area contributed by atoms with E-state index in [1.807, 2.05) is 0 Å². The molecule has 0 saturated carbocycles. The molecule has 9 nitrogen and oxygen atoms in total. The van der Waals surface area contributed by atoms with E-state index in [9.17, 15) is 16.8 Å². The van der Waals surface area contributed by atoms with Gasteiger partial charge in [-0.1, -0.05) is 0 Å². The first-order chi connectivity index (χ1) is 14.6. The van der Waals surface area contributed by atoms with E-state index in [-0.39, 0.29) is 70.6 Å². The molecule has 13 heteroatoms. The average molecular weight is 523 g/mol. The molecule has 0 radical (unpaired) electrons. The van der Waals surface area contributed by atoms with Crippen molar-refractivity contribution in [1.29, 1.82) is 0 Å². The van der Waals surface area contributed by atoms with Gasteiger partial charge < -0.3 is 14.2 Å². The molecule has 0 amide bonds. The topological polar surface area (TPSA) is 136 Å². The van der Waals surface area contributed by atoms with Crippen LogP contribution < -0.4 is 14.2 Å². The Bertz CT molecular complexity index is 927. The molecule has 0 aromatic heterocycles. The molecular weight excluding hydrogens is 494 g/mol. The monoisotopic (exact) mass is 522 g/mol. The van der Waals surface area contributed by atoms with Crippen molar-refractivity contribution >= 4 is 79.4 Å². The van der Waals surface area contributed by atoms with Crippen LogP contribution in [0.4, 0.5) is 0 Å². The Labute approximate surface area is 239 Å². The predicted molar refractivity (Wildman–Crippen MR) is 130 cm³/mol. The van der Waals surface area contributed by atoms with E-state index >= 15 is 0 Å². The Balaban J connectivity index is 0.00000512. The standard InChI is InChI=1S/C20H26O9S2.2Na.2H/c21-30(22,23)15-3-1-13-27-17-5-9-19(10-6-17)29-20-11-7-18(8-12-20)28-14-2-4-16-31(24,25)26;;;;/h5-12H,1-4,13-16H2,(H,21,22,23)(H,24,25,26);;;;. The number of unbranched alkanes of at least 4 members (excludes halogenated alkanes) is 2. The zero-order valence-corrected chi connectivity index (χ0v) is 18.5. The summed E-state index contributed by atoms with van der Waals surface area (Å²) >= 11 is 0. The van der Waals surface area contributed by atoms with Crippen molar-refractivity contribution in [3.8, 4) is 23.0 Å². The third-order valence-electron chi connectivity index (χ3n) is 4.01. The minimum atomic E-state index is -3.93. The first-order valence-electron chi connectivity index (χ1n) is 9.65. The van der Waals surface area contributed by atoms with E-state index < -0.39 is 20.2 Å². The normalized spacial score (nSPS) is 11.1. The molecule has 0 spiro atoms. The van der Waals surface area contributed by atoms with Crippen molar-refractivity contribution in [3.63, 3.8) is 0 Å². The molecule has 0 unspecified atom stereocenters. The molecule has 2 aromatic carbocycles. The van der Waals surface area contributed by atoms with Crippen LogP contribution in [0.1, 0.15) is 25.7 Å². The van der Waals surface area contributed by atoms with Crippen LogP contribution in [0.25, 0.3) is 0 Å². The summed E-state index contributed by atoms with van der Waals surface area (Å²) in [4.78, 5) is 0. The summed E-state index contributed by atoms with van der Waals surface area (Å²) in [6.45, 7) is 0.681. The van der Waals surface area contributed by atoms with Crippen molar-refractivity contribution in [2.24, 2.45) is 0 Å². The summed E-state index contributed by atoms with van der Waals surface area (Å²) in [6, 6.07) is 13.9. The van der Waals surface area contributed by atoms with E-state index in [1.54, 1.807) is 48.5 Å². The van der Waals surface area contributed by atoms with Gasteiger partial charge in [-0.3, -0.25) is 9.11 Å². The molecule has 0 bridgehead atoms. The SMILES string of the molecule is O=S(=O)(O)CCCCOc1ccc(Oc2ccc(OCCCCS(=O)(=O)O)cc2)cc1.[NaH].[NaH]. The second-order valence-electron chi connectivity index (χ2n) is 6.73. The average Bonchev–Trinajstić information content (AvgIpc) is 2.68. The third-order valence-corrected chi connectivity index (χ3v) is 5.62. The van der Waals surface area contributed by atoms with Crippen LogP contribution in [0.2, 0.25) is 0 Å². The molecule has 0 aliphatic rings. The fourth-order valence-electron chi connectivity index (χ4n) is 2.50. The molecule has 33 heavy (non-hydrogen) atoms. The molecular formula is C20H28Na2O9S2. The van der Waals surface area contributed by atoms with Crippen LogP contribution in [-0.2, 0) is 20.2 Å². The molecule has 0 saturated heterocycles. The second-order valence-corrected chi connectivity index (χ2v) is 9.87. The quantitative estimate of drug-likeness (QED) is 0.217. The molecule has 0 aliphatic carbocycles. The Morgan fingerprint density at radius 3 is 1.15 bits per heavy atom. The van der Waals surface area contributed by atoms with E-state index in [0.717, 1.165) is 0 Å². The molecule has 0 fully saturated rings. The number of rotatable bonds is 14. The Kier molecular flexibility index (Phi) is 16.2. The number of hydrogen-bond acceptors (Lipinski definition) is 7. The third kappa shape index (κ3) is 16.0. The van der Waals surface area contributed by atoms with Gasteiger partial charge in [0.1, 0.15) is 23.0 Å². The van der Waals surface area contributed by atoms with Crippen LogP contribution in [0.3, 0.4) is 0 Å². The van der Waals surface area contributed by atoms with Gasteiger partial charge >= 0.3 is 59.1 Å². The van der Waals surface area contributed by atoms with Crippen molar-refractivity contribution in [3.05, 3.63) is 48.5 Å². The maximum absolute atomic E-state index is 10.6. The van der Waals surface area contributed by atoms with Gasteiger partial charge in [-0.05, 0) is 74.2 Å². The van der Waals surface area contributed by atoms with Gasteiger partial charge in [0.05, 0.1) is 24.7 Å². The van der Waals surface area contributed by atoms with Crippen molar-refractivity contribution in [2.45, 2.75) is 25.7 Å². The summed E-state index contributed by atoms with van der Waals surface area (Å²) in [7, 11) is -7.86. The van der Waals surface area contributed by atoms with Gasteiger partial charge in [-0.25, -0.2) is 0 Å². The number of benzene rings is 2. The summed E-state index contributed by atoms with van der Waals surface area (Å²) in [5.41, 5.74) is 0. The van der Waals surface area contributed by atoms with Crippen molar-refractivity contribution in [2.75, 3.05) is 24.7 Å². The van der Waals surface area contributed by atoms with Crippen LogP contribution >= 0.6 is 0 Å². The molecule has 2 aromatic rings. The van der Waals surface area contributed by atoms with Gasteiger partial charge in [0, 0.05) is 0 Å². The number of ether oxygens (including phenoxy) is 3. The van der Waals surface area contributed by atoms with Gasteiger partial charge in [-0.2, -0.15) is 16.8 Å². The molecule has 176 valence electrons. The summed E-state index contributed by atoms with van der Waals surface area (Å²) in [5, 5.41) is 0.